The summed E-state index contributed by atoms with van der Waals surface area (Å²) in [6, 6.07) is 24.2. The summed E-state index contributed by atoms with van der Waals surface area (Å²) < 4.78 is 28.2. The zero-order valence-corrected chi connectivity index (χ0v) is 52.7. The maximum Gasteiger partial charge on any atom is 0.410 e. The van der Waals surface area contributed by atoms with Crippen molar-refractivity contribution < 1.29 is 28.6 Å². The number of carbonyl (C=O) groups excluding carboxylic acids is 3. The summed E-state index contributed by atoms with van der Waals surface area (Å²) in [6.45, 7) is 9.03. The van der Waals surface area contributed by atoms with Crippen molar-refractivity contribution >= 4 is 73.4 Å². The van der Waals surface area contributed by atoms with Crippen LogP contribution in [0, 0.1) is 0 Å². The molecule has 16 rings (SSSR count). The standard InChI is InChI=1S/C37H40N8O5.C32H32N8O3/c1-36(2,3)50-35(48)41(4)37(14-15-37)23-42-18-13-25-19-24(9-10-27(25)42)20-29-38-21-26-32(39-29)45-30-12-11-28-33(40-30)43(31(46)22-49-28)16-7-5-6-8-17-44(45)34(26)47;1-33-32(11-12-32)20-37-15-10-22-16-21(6-7-24(22)37)17-26-34-18-23-29(35-26)40-27-9-8-25-30(36-27)38(28(41)19-43-25)13-4-2-3-5-14-39(40)31(23)42/h6,8-13,18-19,21H,5,7,14-17,20,22-23H2,1-4H3;3,5-10,15-16,18,33H,2,4,11-14,17,19-20H2,1H3/b8-6-;5-3-. The van der Waals surface area contributed by atoms with Crippen molar-refractivity contribution in [2.75, 3.05) is 50.2 Å². The van der Waals surface area contributed by atoms with E-state index >= 15 is 0 Å². The number of nitrogens with one attached hydrogen (secondary N) is 1. The highest BCUT2D eigenvalue weighted by Gasteiger charge is 2.50. The maximum absolute atomic E-state index is 13.7. The first kappa shape index (κ1) is 59.1. The molecule has 0 spiro atoms. The lowest BCUT2D eigenvalue weighted by Crippen LogP contribution is -2.44. The van der Waals surface area contributed by atoms with E-state index < -0.39 is 5.60 Å². The number of anilines is 2. The molecule has 2 aromatic carbocycles. The van der Waals surface area contributed by atoms with Gasteiger partial charge < -0.3 is 33.6 Å². The fourth-order valence-corrected chi connectivity index (χ4v) is 13.2. The maximum atomic E-state index is 13.7. The van der Waals surface area contributed by atoms with Crippen molar-refractivity contribution in [3.8, 4) is 23.1 Å². The molecule has 2 fully saturated rings. The molecular formula is C69H72N16O8. The Morgan fingerprint density at radius 1 is 0.624 bits per heavy atom. The van der Waals surface area contributed by atoms with Crippen LogP contribution in [0.2, 0.25) is 0 Å². The summed E-state index contributed by atoms with van der Waals surface area (Å²) in [5.41, 5.74) is 4.35. The molecule has 4 bridgehead atoms. The van der Waals surface area contributed by atoms with Gasteiger partial charge in [-0.3, -0.25) is 29.0 Å². The van der Waals surface area contributed by atoms with Crippen molar-refractivity contribution in [3.05, 3.63) is 165 Å². The predicted octanol–water partition coefficient (Wildman–Crippen LogP) is 8.35. The molecule has 3 amide bonds. The van der Waals surface area contributed by atoms with Crippen LogP contribution in [-0.2, 0) is 53.3 Å². The number of ether oxygens (including phenoxy) is 3. The van der Waals surface area contributed by atoms with Gasteiger partial charge in [-0.15, -0.1) is 0 Å². The van der Waals surface area contributed by atoms with Crippen molar-refractivity contribution in [1.29, 1.82) is 0 Å². The van der Waals surface area contributed by atoms with Crippen molar-refractivity contribution in [2.45, 2.75) is 128 Å². The highest BCUT2D eigenvalue weighted by Crippen LogP contribution is 2.44. The Kier molecular flexibility index (Phi) is 14.7. The fraction of sp³-hybridized carbons (Fsp3) is 0.377. The fourth-order valence-electron chi connectivity index (χ4n) is 13.2. The number of pyridine rings is 2. The third-order valence-electron chi connectivity index (χ3n) is 18.7. The number of aromatic nitrogens is 12. The lowest BCUT2D eigenvalue weighted by molar-refractivity contribution is -0.122. The quantitative estimate of drug-likeness (QED) is 0.127. The normalized spacial score (nSPS) is 17.8. The van der Waals surface area contributed by atoms with E-state index in [0.29, 0.717) is 114 Å². The number of fused-ring (bicyclic) bond motifs is 12. The van der Waals surface area contributed by atoms with E-state index in [2.05, 4.69) is 85.3 Å². The van der Waals surface area contributed by atoms with Crippen LogP contribution in [0.15, 0.2) is 131 Å². The van der Waals surface area contributed by atoms with Gasteiger partial charge in [0, 0.05) is 87.4 Å². The number of benzene rings is 2. The van der Waals surface area contributed by atoms with Gasteiger partial charge in [0.15, 0.2) is 59.3 Å². The molecule has 476 valence electrons. The topological polar surface area (TPSA) is 242 Å². The number of amides is 3. The van der Waals surface area contributed by atoms with Crippen molar-refractivity contribution in [3.63, 3.8) is 0 Å². The molecule has 2 aliphatic carbocycles. The molecule has 8 aromatic heterocycles. The highest BCUT2D eigenvalue weighted by molar-refractivity contribution is 5.97. The minimum atomic E-state index is -0.548. The van der Waals surface area contributed by atoms with E-state index in [0.717, 1.165) is 67.1 Å². The van der Waals surface area contributed by atoms with Crippen LogP contribution < -0.4 is 35.7 Å². The first-order valence-corrected chi connectivity index (χ1v) is 32.0. The summed E-state index contributed by atoms with van der Waals surface area (Å²) >= 11 is 0. The number of allylic oxidation sites excluding steroid dienone is 4. The molecule has 0 saturated heterocycles. The van der Waals surface area contributed by atoms with E-state index in [4.69, 9.17) is 34.1 Å². The van der Waals surface area contributed by atoms with Crippen LogP contribution in [0.5, 0.6) is 11.5 Å². The summed E-state index contributed by atoms with van der Waals surface area (Å²) in [5, 5.41) is 6.54. The Labute approximate surface area is 534 Å². The lowest BCUT2D eigenvalue weighted by atomic mass is 10.1. The second-order valence-electron chi connectivity index (χ2n) is 26.1. The Morgan fingerprint density at radius 3 is 1.58 bits per heavy atom. The molecule has 1 N–H and O–H groups in total. The largest absolute Gasteiger partial charge is 0.480 e. The minimum Gasteiger partial charge on any atom is -0.480 e. The molecule has 10 aromatic rings. The van der Waals surface area contributed by atoms with Crippen LogP contribution in [0.25, 0.3) is 55.5 Å². The van der Waals surface area contributed by atoms with Gasteiger partial charge in [0.05, 0.1) is 18.6 Å². The van der Waals surface area contributed by atoms with Gasteiger partial charge in [-0.1, -0.05) is 36.4 Å². The second-order valence-corrected chi connectivity index (χ2v) is 26.1. The van der Waals surface area contributed by atoms with Crippen LogP contribution in [0.3, 0.4) is 0 Å². The van der Waals surface area contributed by atoms with E-state index in [1.807, 2.05) is 65.2 Å². The van der Waals surface area contributed by atoms with Crippen molar-refractivity contribution in [2.24, 2.45) is 0 Å². The van der Waals surface area contributed by atoms with Crippen molar-refractivity contribution in [1.82, 2.24) is 68.0 Å². The Bertz CT molecular complexity index is 4850. The molecule has 6 aliphatic rings. The van der Waals surface area contributed by atoms with E-state index in [1.165, 1.54) is 23.7 Å². The average molecular weight is 1250 g/mol. The molecular weight excluding hydrogens is 1180 g/mol. The van der Waals surface area contributed by atoms with Gasteiger partial charge in [0.2, 0.25) is 0 Å². The number of rotatable bonds is 10. The molecule has 0 unspecified atom stereocenters. The number of hydrogen-bond acceptors (Lipinski definition) is 15. The van der Waals surface area contributed by atoms with Crippen LogP contribution >= 0.6 is 0 Å². The minimum absolute atomic E-state index is 0.00908. The summed E-state index contributed by atoms with van der Waals surface area (Å²) in [7, 11) is 3.87. The van der Waals surface area contributed by atoms with Gasteiger partial charge in [-0.05, 0) is 162 Å². The van der Waals surface area contributed by atoms with Crippen LogP contribution in [0.1, 0.15) is 94.9 Å². The number of likely N-dealkylation sites (N-methyl/N-ethyl adjacent to an activating group) is 2. The van der Waals surface area contributed by atoms with E-state index in [9.17, 15) is 24.0 Å². The number of hydrogen-bond donors (Lipinski definition) is 1. The second kappa shape index (κ2) is 23.2. The van der Waals surface area contributed by atoms with Gasteiger partial charge in [-0.2, -0.15) is 0 Å². The predicted molar refractivity (Wildman–Crippen MR) is 351 cm³/mol. The van der Waals surface area contributed by atoms with Gasteiger partial charge in [0.1, 0.15) is 28.0 Å². The first-order valence-electron chi connectivity index (χ1n) is 32.0. The Balaban J connectivity index is 0.000000156. The molecule has 0 radical (unpaired) electrons. The Hall–Kier alpha value is -10.2. The van der Waals surface area contributed by atoms with Crippen LogP contribution in [0.4, 0.5) is 16.4 Å². The number of carbonyl (C=O) groups is 3. The summed E-state index contributed by atoms with van der Waals surface area (Å²) in [6.07, 6.45) is 23.5. The van der Waals surface area contributed by atoms with Gasteiger partial charge >= 0.3 is 6.09 Å². The van der Waals surface area contributed by atoms with Gasteiger partial charge in [0.25, 0.3) is 22.9 Å². The Morgan fingerprint density at radius 2 is 1.12 bits per heavy atom. The molecule has 4 aliphatic heterocycles. The SMILES string of the molecule is CN(C(=O)OC(C)(C)C)C1(Cn2ccc3cc(Cc4ncc5c(=O)n6n(c5n4)-c4ccc5c(n4)N(CCC/C=C\C6)C(=O)CO5)ccc32)CC1.CNC1(Cn2ccc3cc(Cc4ncc5c(=O)n6n(c5n4)-c4ccc5c(n4)N(CCC/C=C\C6)C(=O)CO5)ccc32)CC1. The van der Waals surface area contributed by atoms with E-state index in [-0.39, 0.29) is 53.3 Å². The molecule has 24 heteroatoms. The monoisotopic (exact) mass is 1250 g/mol. The molecule has 12 heterocycles. The smallest absolute Gasteiger partial charge is 0.410 e. The van der Waals surface area contributed by atoms with Crippen LogP contribution in [-0.4, -0.2) is 138 Å². The lowest BCUT2D eigenvalue weighted by Gasteiger charge is -2.31. The third-order valence-corrected chi connectivity index (χ3v) is 18.7. The van der Waals surface area contributed by atoms with Gasteiger partial charge in [-0.25, -0.2) is 53.4 Å². The summed E-state index contributed by atoms with van der Waals surface area (Å²) in [4.78, 5) is 99.5. The number of nitrogens with zero attached hydrogens (tertiary/aromatic N) is 15. The summed E-state index contributed by atoms with van der Waals surface area (Å²) in [5.74, 6) is 3.86. The molecule has 93 heavy (non-hydrogen) atoms. The van der Waals surface area contributed by atoms with E-state index in [1.54, 1.807) is 64.0 Å². The average Bonchev–Trinajstić information content (AvgIpc) is 1.65. The first-order chi connectivity index (χ1) is 45.0. The molecule has 0 atom stereocenters. The third kappa shape index (κ3) is 11.2. The highest BCUT2D eigenvalue weighted by atomic mass is 16.6. The zero-order valence-electron chi connectivity index (χ0n) is 52.7. The zero-order chi connectivity index (χ0) is 63.9. The molecule has 24 nitrogen and oxygen atoms in total. The molecule has 2 saturated carbocycles.